The third-order valence-corrected chi connectivity index (χ3v) is 8.07. The summed E-state index contributed by atoms with van der Waals surface area (Å²) in [5.41, 5.74) is 0.224. The first-order valence-corrected chi connectivity index (χ1v) is 14.2. The van der Waals surface area contributed by atoms with Crippen LogP contribution in [-0.4, -0.2) is 64.3 Å². The number of aromatic nitrogens is 3. The summed E-state index contributed by atoms with van der Waals surface area (Å²) in [5, 5.41) is 9.00. The molecular weight excluding hydrogens is 576 g/mol. The molecule has 0 amide bonds. The molecule has 2 fully saturated rings. The number of rotatable bonds is 6. The van der Waals surface area contributed by atoms with Gasteiger partial charge in [-0.15, -0.1) is 0 Å². The van der Waals surface area contributed by atoms with Crippen LogP contribution >= 0.6 is 11.6 Å². The largest absolute Gasteiger partial charge is 0.481 e. The summed E-state index contributed by atoms with van der Waals surface area (Å²) in [6, 6.07) is 7.05. The fourth-order valence-electron chi connectivity index (χ4n) is 5.62. The number of hydrogen-bond acceptors (Lipinski definition) is 7. The normalized spacial score (nSPS) is 19.7. The topological polar surface area (TPSA) is 85.7 Å². The number of carboxylic acid groups (broad SMARTS) is 1. The van der Waals surface area contributed by atoms with Crippen molar-refractivity contribution in [2.45, 2.75) is 57.8 Å². The summed E-state index contributed by atoms with van der Waals surface area (Å²) in [7, 11) is 0. The van der Waals surface area contributed by atoms with E-state index >= 15 is 0 Å². The van der Waals surface area contributed by atoms with Gasteiger partial charge in [-0.25, -0.2) is 14.4 Å². The van der Waals surface area contributed by atoms with Gasteiger partial charge in [0.1, 0.15) is 17.5 Å². The predicted molar refractivity (Wildman–Crippen MR) is 153 cm³/mol. The van der Waals surface area contributed by atoms with Crippen LogP contribution in [0, 0.1) is 5.82 Å². The molecular formula is C29H31ClF4N6O2. The fourth-order valence-corrected chi connectivity index (χ4v) is 5.80. The van der Waals surface area contributed by atoms with Crippen LogP contribution in [0.4, 0.5) is 35.1 Å². The minimum atomic E-state index is -4.70. The van der Waals surface area contributed by atoms with Gasteiger partial charge in [0.15, 0.2) is 0 Å². The first-order valence-electron chi connectivity index (χ1n) is 13.8. The first-order chi connectivity index (χ1) is 19.9. The molecule has 0 spiro atoms. The van der Waals surface area contributed by atoms with Crippen molar-refractivity contribution in [2.75, 3.05) is 40.9 Å². The fraction of sp³-hybridized carbons (Fsp3) is 0.448. The second-order valence-electron chi connectivity index (χ2n) is 10.8. The summed E-state index contributed by atoms with van der Waals surface area (Å²) >= 11 is 6.08. The molecule has 224 valence electrons. The number of carboxylic acids is 1. The van der Waals surface area contributed by atoms with Crippen molar-refractivity contribution in [1.82, 2.24) is 15.0 Å². The molecule has 2 unspecified atom stereocenters. The van der Waals surface area contributed by atoms with Crippen LogP contribution in [0.2, 0.25) is 5.02 Å². The molecule has 2 aromatic heterocycles. The van der Waals surface area contributed by atoms with Gasteiger partial charge in [0.2, 0.25) is 5.95 Å². The Bertz CT molecular complexity index is 1470. The van der Waals surface area contributed by atoms with Crippen molar-refractivity contribution in [3.8, 4) is 11.3 Å². The minimum absolute atomic E-state index is 0.0147. The standard InChI is InChI=1S/C29H31ClF4N6O2/c1-17-5-3-4-8-40(17)28-36-24(20-6-7-23(31)22(30)13-20)14-25(37-28)39-10-9-38(16-18(39)2)27-21(29(32,33)34)11-19(15-35-27)12-26(41)42/h6-7,11,13-15,17-18H,3-5,8-10,12,16H2,1-2H3,(H,41,42). The third-order valence-electron chi connectivity index (χ3n) is 7.78. The molecule has 3 aromatic rings. The van der Waals surface area contributed by atoms with Crippen LogP contribution in [0.3, 0.4) is 0 Å². The van der Waals surface area contributed by atoms with E-state index in [0.29, 0.717) is 29.6 Å². The predicted octanol–water partition coefficient (Wildman–Crippen LogP) is 6.07. The highest BCUT2D eigenvalue weighted by molar-refractivity contribution is 6.31. The van der Waals surface area contributed by atoms with Gasteiger partial charge >= 0.3 is 12.1 Å². The molecule has 0 saturated carbocycles. The van der Waals surface area contributed by atoms with Gasteiger partial charge in [0.05, 0.1) is 22.7 Å². The number of anilines is 3. The van der Waals surface area contributed by atoms with Crippen molar-refractivity contribution in [1.29, 1.82) is 0 Å². The SMILES string of the molecule is CC1CN(c2ncc(CC(=O)O)cc2C(F)(F)F)CCN1c1cc(-c2ccc(F)c(Cl)c2)nc(N2CCCCC2C)n1. The van der Waals surface area contributed by atoms with Crippen molar-refractivity contribution in [3.05, 3.63) is 58.5 Å². The summed E-state index contributed by atoms with van der Waals surface area (Å²) in [6.07, 6.45) is -0.942. The van der Waals surface area contributed by atoms with Crippen LogP contribution < -0.4 is 14.7 Å². The van der Waals surface area contributed by atoms with Crippen molar-refractivity contribution < 1.29 is 27.5 Å². The number of alkyl halides is 3. The van der Waals surface area contributed by atoms with Crippen LogP contribution in [0.5, 0.6) is 0 Å². The quantitative estimate of drug-likeness (QED) is 0.339. The molecule has 4 heterocycles. The monoisotopic (exact) mass is 606 g/mol. The smallest absolute Gasteiger partial charge is 0.419 e. The molecule has 0 aliphatic carbocycles. The maximum atomic E-state index is 14.0. The zero-order valence-electron chi connectivity index (χ0n) is 23.2. The van der Waals surface area contributed by atoms with E-state index in [-0.39, 0.29) is 41.6 Å². The first kappa shape index (κ1) is 29.8. The Morgan fingerprint density at radius 1 is 1.05 bits per heavy atom. The molecule has 5 rings (SSSR count). The van der Waals surface area contributed by atoms with Crippen LogP contribution in [0.15, 0.2) is 36.5 Å². The van der Waals surface area contributed by atoms with E-state index in [4.69, 9.17) is 26.7 Å². The van der Waals surface area contributed by atoms with E-state index in [9.17, 15) is 22.4 Å². The number of pyridine rings is 1. The van der Waals surface area contributed by atoms with Gasteiger partial charge in [0, 0.05) is 56.1 Å². The zero-order chi connectivity index (χ0) is 30.2. The maximum absolute atomic E-state index is 14.0. The summed E-state index contributed by atoms with van der Waals surface area (Å²) in [5.74, 6) is -0.839. The van der Waals surface area contributed by atoms with Gasteiger partial charge in [0.25, 0.3) is 0 Å². The molecule has 13 heteroatoms. The van der Waals surface area contributed by atoms with E-state index in [0.717, 1.165) is 31.9 Å². The van der Waals surface area contributed by atoms with Gasteiger partial charge in [-0.2, -0.15) is 18.2 Å². The molecule has 1 N–H and O–H groups in total. The highest BCUT2D eigenvalue weighted by Gasteiger charge is 2.38. The number of aliphatic carboxylic acids is 1. The van der Waals surface area contributed by atoms with Crippen LogP contribution in [-0.2, 0) is 17.4 Å². The average molecular weight is 607 g/mol. The molecule has 42 heavy (non-hydrogen) atoms. The Kier molecular flexibility index (Phi) is 8.45. The molecule has 2 atom stereocenters. The highest BCUT2D eigenvalue weighted by Crippen LogP contribution is 2.38. The lowest BCUT2D eigenvalue weighted by molar-refractivity contribution is -0.138. The zero-order valence-corrected chi connectivity index (χ0v) is 24.0. The van der Waals surface area contributed by atoms with Crippen LogP contribution in [0.25, 0.3) is 11.3 Å². The van der Waals surface area contributed by atoms with Gasteiger partial charge in [-0.1, -0.05) is 11.6 Å². The van der Waals surface area contributed by atoms with E-state index in [2.05, 4.69) is 16.8 Å². The number of carbonyl (C=O) groups is 1. The Morgan fingerprint density at radius 3 is 2.50 bits per heavy atom. The highest BCUT2D eigenvalue weighted by atomic mass is 35.5. The lowest BCUT2D eigenvalue weighted by Crippen LogP contribution is -2.53. The molecule has 0 radical (unpaired) electrons. The van der Waals surface area contributed by atoms with Gasteiger partial charge < -0.3 is 19.8 Å². The number of benzene rings is 1. The second-order valence-corrected chi connectivity index (χ2v) is 11.3. The number of piperazine rings is 1. The molecule has 2 saturated heterocycles. The molecule has 8 nitrogen and oxygen atoms in total. The number of nitrogens with zero attached hydrogens (tertiary/aromatic N) is 6. The number of piperidine rings is 1. The van der Waals surface area contributed by atoms with E-state index in [1.54, 1.807) is 17.0 Å². The van der Waals surface area contributed by atoms with E-state index < -0.39 is 29.9 Å². The van der Waals surface area contributed by atoms with E-state index in [1.807, 2.05) is 11.8 Å². The van der Waals surface area contributed by atoms with Crippen molar-refractivity contribution in [2.24, 2.45) is 0 Å². The Balaban J connectivity index is 1.47. The van der Waals surface area contributed by atoms with Gasteiger partial charge in [-0.3, -0.25) is 4.79 Å². The molecule has 2 aliphatic rings. The summed E-state index contributed by atoms with van der Waals surface area (Å²) in [4.78, 5) is 30.6. The van der Waals surface area contributed by atoms with E-state index in [1.165, 1.54) is 18.3 Å². The number of hydrogen-bond donors (Lipinski definition) is 1. The van der Waals surface area contributed by atoms with Crippen molar-refractivity contribution >= 4 is 35.2 Å². The third kappa shape index (κ3) is 6.38. The molecule has 2 aliphatic heterocycles. The second kappa shape index (κ2) is 11.9. The lowest BCUT2D eigenvalue weighted by atomic mass is 10.0. The molecule has 1 aromatic carbocycles. The van der Waals surface area contributed by atoms with Crippen molar-refractivity contribution in [3.63, 3.8) is 0 Å². The maximum Gasteiger partial charge on any atom is 0.419 e. The summed E-state index contributed by atoms with van der Waals surface area (Å²) < 4.78 is 55.9. The number of halogens is 5. The molecule has 0 bridgehead atoms. The van der Waals surface area contributed by atoms with Gasteiger partial charge in [-0.05, 0) is 62.9 Å². The summed E-state index contributed by atoms with van der Waals surface area (Å²) in [6.45, 7) is 5.63. The Morgan fingerprint density at radius 2 is 1.83 bits per heavy atom. The lowest BCUT2D eigenvalue weighted by Gasteiger charge is -2.42. The Hall–Kier alpha value is -3.67. The minimum Gasteiger partial charge on any atom is -0.481 e. The average Bonchev–Trinajstić information content (AvgIpc) is 2.93. The Labute approximate surface area is 246 Å². The van der Waals surface area contributed by atoms with Crippen LogP contribution in [0.1, 0.15) is 44.2 Å².